The Hall–Kier alpha value is 0.382. The molecule has 0 aliphatic carbocycles. The molecule has 0 rings (SSSR count). The van der Waals surface area contributed by atoms with E-state index in [-0.39, 0.29) is 32.2 Å². The summed E-state index contributed by atoms with van der Waals surface area (Å²) in [7, 11) is 0. The Balaban J connectivity index is -0.0000000417. The van der Waals surface area contributed by atoms with E-state index in [1.54, 1.807) is 0 Å². The van der Waals surface area contributed by atoms with Gasteiger partial charge in [-0.3, -0.25) is 0 Å². The minimum atomic E-state index is 0. The first-order valence-electron chi connectivity index (χ1n) is 1.87. The van der Waals surface area contributed by atoms with Gasteiger partial charge in [-0.15, -0.1) is 11.6 Å². The van der Waals surface area contributed by atoms with Crippen LogP contribution < -0.4 is 0 Å². The maximum absolute atomic E-state index is 6.40. The normalized spacial score (nSPS) is 4.89. The molecule has 0 N–H and O–H groups in total. The van der Waals surface area contributed by atoms with Crippen LogP contribution in [0.5, 0.6) is 0 Å². The monoisotopic (exact) mass is 158 g/mol. The summed E-state index contributed by atoms with van der Waals surface area (Å²) in [5.74, 6) is 2.88. The van der Waals surface area contributed by atoms with Gasteiger partial charge in [-0.25, -0.2) is 0 Å². The van der Waals surface area contributed by atoms with E-state index in [1.165, 1.54) is 0 Å². The second kappa shape index (κ2) is 23.8. The minimum Gasteiger partial charge on any atom is -0.694 e. The van der Waals surface area contributed by atoms with Gasteiger partial charge in [-0.2, -0.15) is 0 Å². The molecule has 0 aliphatic heterocycles. The molecule has 0 saturated heterocycles. The van der Waals surface area contributed by atoms with E-state index in [0.29, 0.717) is 12.3 Å². The second-order valence-electron chi connectivity index (χ2n) is 0.969. The average Bonchev–Trinajstić information content (AvgIpc) is 1.61. The molecule has 0 aromatic carbocycles. The Labute approximate surface area is 75.1 Å². The molecule has 0 heterocycles. The van der Waals surface area contributed by atoms with Crippen molar-refractivity contribution in [1.82, 2.24) is 0 Å². The first kappa shape index (κ1) is 22.8. The Morgan fingerprint density at radius 3 is 1.89 bits per heavy atom. The van der Waals surface area contributed by atoms with Crippen molar-refractivity contribution in [2.45, 2.75) is 12.8 Å². The van der Waals surface area contributed by atoms with Crippen molar-refractivity contribution in [3.05, 3.63) is 21.3 Å². The van der Waals surface area contributed by atoms with Crippen molar-refractivity contribution in [1.29, 1.82) is 0 Å². The number of alkyl halides is 1. The summed E-state index contributed by atoms with van der Waals surface area (Å²) in [4.78, 5) is 0. The summed E-state index contributed by atoms with van der Waals surface area (Å²) in [5, 5.41) is 0. The number of rotatable bonds is 2. The fraction of sp³-hybridized carbons (Fsp3) is 0.429. The number of hydrogen-bond donors (Lipinski definition) is 0. The van der Waals surface area contributed by atoms with E-state index in [9.17, 15) is 0 Å². The van der Waals surface area contributed by atoms with Crippen molar-refractivity contribution in [3.63, 3.8) is 0 Å². The maximum atomic E-state index is 6.40. The largest absolute Gasteiger partial charge is 3.00 e. The molecule has 0 bridgehead atoms. The van der Waals surface area contributed by atoms with Gasteiger partial charge in [0.05, 0.1) is 0 Å². The molecule has 50 valence electrons. The molecule has 2 heteroatoms. The van der Waals surface area contributed by atoms with E-state index >= 15 is 0 Å². The van der Waals surface area contributed by atoms with Crippen LogP contribution in [-0.2, 0) is 0 Å². The van der Waals surface area contributed by atoms with Gasteiger partial charge in [0, 0.05) is 5.88 Å². The summed E-state index contributed by atoms with van der Waals surface area (Å²) in [6.07, 6.45) is 7.98. The summed E-state index contributed by atoms with van der Waals surface area (Å²) in [6.45, 7) is 0. The van der Waals surface area contributed by atoms with Crippen LogP contribution in [0.15, 0.2) is 0 Å². The topological polar surface area (TPSA) is 0 Å². The minimum absolute atomic E-state index is 0. The average molecular weight is 159 g/mol. The molecule has 0 aromatic rings. The van der Waals surface area contributed by atoms with Gasteiger partial charge in [0.2, 0.25) is 0 Å². The van der Waals surface area contributed by atoms with Crippen LogP contribution in [0.3, 0.4) is 0 Å². The zero-order chi connectivity index (χ0) is 4.83. The molecular weight excluding hydrogens is 147 g/mol. The third kappa shape index (κ3) is 29.8. The Bertz CT molecular complexity index is 56.4. The third-order valence-corrected chi connectivity index (χ3v) is 0.703. The van der Waals surface area contributed by atoms with Crippen molar-refractivity contribution in [2.75, 3.05) is 5.88 Å². The predicted molar refractivity (Wildman–Crippen MR) is 45.7 cm³/mol. The van der Waals surface area contributed by atoms with Crippen LogP contribution in [0.2, 0.25) is 0 Å². The van der Waals surface area contributed by atoms with Gasteiger partial charge >= 0.3 is 17.4 Å². The molecule has 0 fully saturated rings. The maximum Gasteiger partial charge on any atom is 3.00 e. The van der Waals surface area contributed by atoms with Crippen molar-refractivity contribution >= 4 is 29.0 Å². The van der Waals surface area contributed by atoms with Crippen molar-refractivity contribution in [3.8, 4) is 5.92 Å². The first-order valence-corrected chi connectivity index (χ1v) is 2.41. The van der Waals surface area contributed by atoms with Gasteiger partial charge < -0.3 is 27.2 Å². The van der Waals surface area contributed by atoms with Crippen LogP contribution >= 0.6 is 11.6 Å². The number of unbranched alkanes of at least 4 members (excludes halogenated alkanes) is 1. The van der Waals surface area contributed by atoms with E-state index < -0.39 is 0 Å². The summed E-state index contributed by atoms with van der Waals surface area (Å²) in [5.41, 5.74) is 0. The number of halogens is 1. The Kier molecular flexibility index (Phi) is 60.1. The van der Waals surface area contributed by atoms with Gasteiger partial charge in [0.25, 0.3) is 0 Å². The van der Waals surface area contributed by atoms with E-state index in [4.69, 9.17) is 18.0 Å². The van der Waals surface area contributed by atoms with Crippen LogP contribution in [0.4, 0.5) is 0 Å². The Morgan fingerprint density at radius 1 is 1.33 bits per heavy atom. The van der Waals surface area contributed by atoms with E-state index in [0.717, 1.165) is 6.42 Å². The molecule has 0 radical (unpaired) electrons. The van der Waals surface area contributed by atoms with Crippen LogP contribution in [0.25, 0.3) is 0 Å². The van der Waals surface area contributed by atoms with Gasteiger partial charge in [0.15, 0.2) is 0 Å². The second-order valence-corrected chi connectivity index (χ2v) is 1.35. The molecule has 0 nitrogen and oxygen atoms in total. The van der Waals surface area contributed by atoms with Crippen LogP contribution in [0, 0.1) is 27.2 Å². The first-order chi connectivity index (χ1) is 2.91. The standard InChI is InChI=1S/C5H6Cl.2CH3.Al/c1-2-3-4-5-6;;;/h3-5H2;2*1H3;/q3*-1;+3. The Morgan fingerprint density at radius 2 is 1.78 bits per heavy atom. The van der Waals surface area contributed by atoms with Crippen LogP contribution in [0.1, 0.15) is 12.8 Å². The van der Waals surface area contributed by atoms with Crippen molar-refractivity contribution < 1.29 is 0 Å². The number of hydrogen-bond acceptors (Lipinski definition) is 0. The van der Waals surface area contributed by atoms with Gasteiger partial charge in [-0.05, 0) is 12.8 Å². The predicted octanol–water partition coefficient (Wildman–Crippen LogP) is 2.11. The molecule has 0 amide bonds. The third-order valence-electron chi connectivity index (χ3n) is 0.435. The molecule has 0 aromatic heterocycles. The quantitative estimate of drug-likeness (QED) is 0.190. The molecule has 0 unspecified atom stereocenters. The molecule has 0 aliphatic rings. The molecule has 0 spiro atoms. The fourth-order valence-electron chi connectivity index (χ4n) is 0.155. The van der Waals surface area contributed by atoms with Gasteiger partial charge in [0.1, 0.15) is 0 Å². The molecule has 0 saturated carbocycles. The van der Waals surface area contributed by atoms with Crippen LogP contribution in [-0.4, -0.2) is 23.2 Å². The van der Waals surface area contributed by atoms with Crippen molar-refractivity contribution in [2.24, 2.45) is 0 Å². The molecule has 9 heavy (non-hydrogen) atoms. The summed E-state index contributed by atoms with van der Waals surface area (Å²) >= 11 is 5.26. The SMILES string of the molecule is [Al+3].[C-]#CCCCCl.[CH3-].[CH3-]. The van der Waals surface area contributed by atoms with E-state index in [2.05, 4.69) is 5.92 Å². The summed E-state index contributed by atoms with van der Waals surface area (Å²) in [6, 6.07) is 0. The molecule has 0 atom stereocenters. The van der Waals surface area contributed by atoms with Gasteiger partial charge in [-0.1, -0.05) is 0 Å². The molecular formula is C7H12AlCl. The zero-order valence-electron chi connectivity index (χ0n) is 6.08. The smallest absolute Gasteiger partial charge is 0.694 e. The zero-order valence-corrected chi connectivity index (χ0v) is 7.99. The van der Waals surface area contributed by atoms with E-state index in [1.807, 2.05) is 0 Å². The summed E-state index contributed by atoms with van der Waals surface area (Å²) < 4.78 is 0. The fourth-order valence-corrected chi connectivity index (χ4v) is 0.289.